The number of ether oxygens (including phenoxy) is 2. The SMILES string of the molecule is CCSc1ccc(-c2nccc(C(OC)OC)n2)cc1. The molecule has 2 aromatic rings. The second-order valence-electron chi connectivity index (χ2n) is 4.07. The first-order valence-electron chi connectivity index (χ1n) is 6.40. The number of hydrogen-bond donors (Lipinski definition) is 0. The van der Waals surface area contributed by atoms with Crippen LogP contribution in [-0.2, 0) is 9.47 Å². The van der Waals surface area contributed by atoms with Crippen molar-refractivity contribution in [2.75, 3.05) is 20.0 Å². The molecule has 20 heavy (non-hydrogen) atoms. The van der Waals surface area contributed by atoms with Crippen molar-refractivity contribution in [2.24, 2.45) is 0 Å². The Morgan fingerprint density at radius 1 is 1.10 bits per heavy atom. The molecule has 1 heterocycles. The van der Waals surface area contributed by atoms with E-state index in [2.05, 4.69) is 29.0 Å². The molecule has 0 N–H and O–H groups in total. The van der Waals surface area contributed by atoms with Gasteiger partial charge in [0, 0.05) is 30.9 Å². The third kappa shape index (κ3) is 3.56. The lowest BCUT2D eigenvalue weighted by molar-refractivity contribution is -0.108. The van der Waals surface area contributed by atoms with Crippen molar-refractivity contribution < 1.29 is 9.47 Å². The van der Waals surface area contributed by atoms with E-state index in [1.165, 1.54) is 4.90 Å². The van der Waals surface area contributed by atoms with Gasteiger partial charge in [0.15, 0.2) is 5.82 Å². The van der Waals surface area contributed by atoms with Crippen LogP contribution in [0.25, 0.3) is 11.4 Å². The minimum absolute atomic E-state index is 0.466. The molecular formula is C15H18N2O2S. The van der Waals surface area contributed by atoms with Gasteiger partial charge < -0.3 is 9.47 Å². The molecule has 0 spiro atoms. The molecule has 0 aliphatic rings. The Hall–Kier alpha value is -1.43. The van der Waals surface area contributed by atoms with Gasteiger partial charge >= 0.3 is 0 Å². The molecule has 0 radical (unpaired) electrons. The highest BCUT2D eigenvalue weighted by atomic mass is 32.2. The third-order valence-electron chi connectivity index (χ3n) is 2.77. The Morgan fingerprint density at radius 2 is 1.80 bits per heavy atom. The fourth-order valence-electron chi connectivity index (χ4n) is 1.85. The molecular weight excluding hydrogens is 272 g/mol. The number of nitrogens with zero attached hydrogens (tertiary/aromatic N) is 2. The molecule has 0 fully saturated rings. The summed E-state index contributed by atoms with van der Waals surface area (Å²) in [5, 5.41) is 0. The fraction of sp³-hybridized carbons (Fsp3) is 0.333. The second-order valence-corrected chi connectivity index (χ2v) is 5.40. The van der Waals surface area contributed by atoms with Crippen LogP contribution in [0.3, 0.4) is 0 Å². The first-order valence-corrected chi connectivity index (χ1v) is 7.38. The number of hydrogen-bond acceptors (Lipinski definition) is 5. The molecule has 0 aliphatic carbocycles. The molecule has 1 aromatic heterocycles. The predicted octanol–water partition coefficient (Wildman–Crippen LogP) is 3.55. The quantitative estimate of drug-likeness (QED) is 0.601. The summed E-state index contributed by atoms with van der Waals surface area (Å²) in [4.78, 5) is 10.0. The zero-order valence-electron chi connectivity index (χ0n) is 11.9. The maximum Gasteiger partial charge on any atom is 0.200 e. The summed E-state index contributed by atoms with van der Waals surface area (Å²) in [5.41, 5.74) is 1.70. The second kappa shape index (κ2) is 7.38. The van der Waals surface area contributed by atoms with Crippen molar-refractivity contribution in [2.45, 2.75) is 18.1 Å². The predicted molar refractivity (Wildman–Crippen MR) is 80.6 cm³/mol. The molecule has 5 heteroatoms. The lowest BCUT2D eigenvalue weighted by Gasteiger charge is -2.13. The zero-order valence-corrected chi connectivity index (χ0v) is 12.7. The van der Waals surface area contributed by atoms with Crippen LogP contribution in [0.1, 0.15) is 18.9 Å². The molecule has 0 aliphatic heterocycles. The van der Waals surface area contributed by atoms with Crippen LogP contribution in [-0.4, -0.2) is 29.9 Å². The van der Waals surface area contributed by atoms with Gasteiger partial charge in [-0.3, -0.25) is 0 Å². The maximum atomic E-state index is 5.21. The minimum atomic E-state index is -0.466. The van der Waals surface area contributed by atoms with Gasteiger partial charge in [0.2, 0.25) is 6.29 Å². The van der Waals surface area contributed by atoms with Crippen LogP contribution in [0.5, 0.6) is 0 Å². The van der Waals surface area contributed by atoms with Gasteiger partial charge in [-0.2, -0.15) is 0 Å². The van der Waals surface area contributed by atoms with Gasteiger partial charge in [0.1, 0.15) is 5.69 Å². The highest BCUT2D eigenvalue weighted by Gasteiger charge is 2.12. The van der Waals surface area contributed by atoms with E-state index in [-0.39, 0.29) is 0 Å². The third-order valence-corrected chi connectivity index (χ3v) is 3.66. The lowest BCUT2D eigenvalue weighted by Crippen LogP contribution is -2.07. The van der Waals surface area contributed by atoms with Crippen LogP contribution < -0.4 is 0 Å². The van der Waals surface area contributed by atoms with Gasteiger partial charge in [-0.15, -0.1) is 11.8 Å². The number of benzene rings is 1. The highest BCUT2D eigenvalue weighted by Crippen LogP contribution is 2.23. The molecule has 1 aromatic carbocycles. The van der Waals surface area contributed by atoms with Gasteiger partial charge in [-0.1, -0.05) is 19.1 Å². The topological polar surface area (TPSA) is 44.2 Å². The largest absolute Gasteiger partial charge is 0.350 e. The lowest BCUT2D eigenvalue weighted by atomic mass is 10.2. The molecule has 2 rings (SSSR count). The van der Waals surface area contributed by atoms with Crippen molar-refractivity contribution in [3.63, 3.8) is 0 Å². The fourth-order valence-corrected chi connectivity index (χ4v) is 2.51. The van der Waals surface area contributed by atoms with E-state index in [0.29, 0.717) is 11.5 Å². The monoisotopic (exact) mass is 290 g/mol. The van der Waals surface area contributed by atoms with Crippen molar-refractivity contribution >= 4 is 11.8 Å². The molecule has 0 saturated heterocycles. The van der Waals surface area contributed by atoms with Crippen LogP contribution in [0.4, 0.5) is 0 Å². The van der Waals surface area contributed by atoms with E-state index < -0.39 is 6.29 Å². The summed E-state index contributed by atoms with van der Waals surface area (Å²) in [6, 6.07) is 10.0. The number of aromatic nitrogens is 2. The Morgan fingerprint density at radius 3 is 2.40 bits per heavy atom. The number of thioether (sulfide) groups is 1. The van der Waals surface area contributed by atoms with Crippen LogP contribution in [0.2, 0.25) is 0 Å². The Kier molecular flexibility index (Phi) is 5.52. The van der Waals surface area contributed by atoms with Crippen LogP contribution in [0, 0.1) is 0 Å². The van der Waals surface area contributed by atoms with Crippen molar-refractivity contribution in [3.8, 4) is 11.4 Å². The summed E-state index contributed by atoms with van der Waals surface area (Å²) in [6.07, 6.45) is 1.25. The molecule has 4 nitrogen and oxygen atoms in total. The molecule has 106 valence electrons. The highest BCUT2D eigenvalue weighted by molar-refractivity contribution is 7.99. The average molecular weight is 290 g/mol. The molecule has 0 saturated carbocycles. The van der Waals surface area contributed by atoms with E-state index >= 15 is 0 Å². The van der Waals surface area contributed by atoms with Gasteiger partial charge in [0.25, 0.3) is 0 Å². The van der Waals surface area contributed by atoms with E-state index in [1.54, 1.807) is 26.5 Å². The first kappa shape index (κ1) is 15.0. The summed E-state index contributed by atoms with van der Waals surface area (Å²) in [7, 11) is 3.18. The van der Waals surface area contributed by atoms with E-state index in [9.17, 15) is 0 Å². The smallest absolute Gasteiger partial charge is 0.200 e. The Labute approximate surface area is 123 Å². The Balaban J connectivity index is 2.26. The van der Waals surface area contributed by atoms with Gasteiger partial charge in [0.05, 0.1) is 0 Å². The van der Waals surface area contributed by atoms with Crippen molar-refractivity contribution in [1.29, 1.82) is 0 Å². The van der Waals surface area contributed by atoms with Crippen molar-refractivity contribution in [1.82, 2.24) is 9.97 Å². The first-order chi connectivity index (χ1) is 9.78. The average Bonchev–Trinajstić information content (AvgIpc) is 2.50. The molecule has 0 bridgehead atoms. The summed E-state index contributed by atoms with van der Waals surface area (Å²) >= 11 is 1.81. The summed E-state index contributed by atoms with van der Waals surface area (Å²) in [5.74, 6) is 1.74. The van der Waals surface area contributed by atoms with Gasteiger partial charge in [-0.05, 0) is 24.0 Å². The zero-order chi connectivity index (χ0) is 14.4. The van der Waals surface area contributed by atoms with Crippen molar-refractivity contribution in [3.05, 3.63) is 42.2 Å². The molecule has 0 amide bonds. The van der Waals surface area contributed by atoms with Gasteiger partial charge in [-0.25, -0.2) is 9.97 Å². The molecule has 0 unspecified atom stereocenters. The summed E-state index contributed by atoms with van der Waals surface area (Å²) < 4.78 is 10.4. The summed E-state index contributed by atoms with van der Waals surface area (Å²) in [6.45, 7) is 2.14. The number of rotatable bonds is 6. The standard InChI is InChI=1S/C15H18N2O2S/c1-4-20-12-7-5-11(6-8-12)14-16-10-9-13(17-14)15(18-2)19-3/h5-10,15H,4H2,1-3H3. The van der Waals surface area contributed by atoms with Crippen LogP contribution in [0.15, 0.2) is 41.4 Å². The van der Waals surface area contributed by atoms with E-state index in [4.69, 9.17) is 9.47 Å². The van der Waals surface area contributed by atoms with Crippen LogP contribution >= 0.6 is 11.8 Å². The van der Waals surface area contributed by atoms with E-state index in [0.717, 1.165) is 11.3 Å². The normalized spacial score (nSPS) is 11.0. The number of methoxy groups -OCH3 is 2. The Bertz CT molecular complexity index is 542. The maximum absolute atomic E-state index is 5.21. The molecule has 0 atom stereocenters. The van der Waals surface area contributed by atoms with E-state index in [1.807, 2.05) is 23.9 Å². The minimum Gasteiger partial charge on any atom is -0.350 e.